The van der Waals surface area contributed by atoms with E-state index in [2.05, 4.69) is 5.32 Å². The van der Waals surface area contributed by atoms with Gasteiger partial charge in [0.2, 0.25) is 5.91 Å². The van der Waals surface area contributed by atoms with E-state index in [4.69, 9.17) is 23.2 Å². The normalized spacial score (nSPS) is 12.3. The van der Waals surface area contributed by atoms with Gasteiger partial charge >= 0.3 is 0 Å². The van der Waals surface area contributed by atoms with Gasteiger partial charge < -0.3 is 5.32 Å². The highest BCUT2D eigenvalue weighted by molar-refractivity contribution is 6.35. The van der Waals surface area contributed by atoms with Crippen molar-refractivity contribution in [1.29, 1.82) is 0 Å². The Bertz CT molecular complexity index is 709. The third-order valence-electron chi connectivity index (χ3n) is 3.60. The van der Waals surface area contributed by atoms with Gasteiger partial charge in [-0.2, -0.15) is 0 Å². The van der Waals surface area contributed by atoms with Gasteiger partial charge in [-0.05, 0) is 38.2 Å². The van der Waals surface area contributed by atoms with Crippen LogP contribution in [-0.4, -0.2) is 23.9 Å². The minimum Gasteiger partial charge on any atom is -0.323 e. The maximum atomic E-state index is 13.7. The molecule has 2 aromatic rings. The number of amides is 1. The van der Waals surface area contributed by atoms with Crippen LogP contribution in [0.2, 0.25) is 10.0 Å². The Morgan fingerprint density at radius 3 is 2.65 bits per heavy atom. The lowest BCUT2D eigenvalue weighted by Gasteiger charge is -2.24. The first-order chi connectivity index (χ1) is 10.9. The van der Waals surface area contributed by atoms with Crippen molar-refractivity contribution >= 4 is 34.8 Å². The second kappa shape index (κ2) is 7.77. The van der Waals surface area contributed by atoms with Crippen molar-refractivity contribution in [3.05, 3.63) is 63.9 Å². The van der Waals surface area contributed by atoms with Gasteiger partial charge in [-0.3, -0.25) is 9.69 Å². The third-order valence-corrected chi connectivity index (χ3v) is 4.17. The summed E-state index contributed by atoms with van der Waals surface area (Å²) in [6, 6.07) is 10.9. The van der Waals surface area contributed by atoms with Crippen LogP contribution in [0.4, 0.5) is 10.1 Å². The fraction of sp³-hybridized carbons (Fsp3) is 0.235. The van der Waals surface area contributed by atoms with E-state index in [1.54, 1.807) is 55.3 Å². The molecule has 0 unspecified atom stereocenters. The number of hydrogen-bond donors (Lipinski definition) is 1. The molecule has 122 valence electrons. The van der Waals surface area contributed by atoms with Gasteiger partial charge in [0.15, 0.2) is 0 Å². The summed E-state index contributed by atoms with van der Waals surface area (Å²) in [6.45, 7) is 2.07. The molecule has 1 atom stereocenters. The molecular weight excluding hydrogens is 338 g/mol. The van der Waals surface area contributed by atoms with Crippen molar-refractivity contribution in [2.45, 2.75) is 19.5 Å². The molecule has 1 N–H and O–H groups in total. The van der Waals surface area contributed by atoms with Gasteiger partial charge in [0.25, 0.3) is 0 Å². The van der Waals surface area contributed by atoms with Crippen LogP contribution in [0.25, 0.3) is 0 Å². The summed E-state index contributed by atoms with van der Waals surface area (Å²) in [7, 11) is 1.76. The number of carbonyl (C=O) groups excluding carboxylic acids is 1. The fourth-order valence-corrected chi connectivity index (χ4v) is 2.40. The SMILES string of the molecule is C[C@H](C(=O)Nc1cc(Cl)ccc1Cl)N(C)Cc1ccccc1F. The van der Waals surface area contributed by atoms with E-state index in [0.717, 1.165) is 0 Å². The summed E-state index contributed by atoms with van der Waals surface area (Å²) >= 11 is 11.9. The van der Waals surface area contributed by atoms with Crippen LogP contribution < -0.4 is 5.32 Å². The first-order valence-corrected chi connectivity index (χ1v) is 7.83. The third kappa shape index (κ3) is 4.67. The van der Waals surface area contributed by atoms with E-state index in [1.165, 1.54) is 6.07 Å². The zero-order chi connectivity index (χ0) is 17.0. The highest BCUT2D eigenvalue weighted by Crippen LogP contribution is 2.25. The van der Waals surface area contributed by atoms with Gasteiger partial charge in [0.05, 0.1) is 16.8 Å². The molecule has 0 bridgehead atoms. The van der Waals surface area contributed by atoms with Crippen LogP contribution in [0.3, 0.4) is 0 Å². The van der Waals surface area contributed by atoms with Crippen molar-refractivity contribution < 1.29 is 9.18 Å². The highest BCUT2D eigenvalue weighted by atomic mass is 35.5. The highest BCUT2D eigenvalue weighted by Gasteiger charge is 2.20. The van der Waals surface area contributed by atoms with Crippen LogP contribution in [0.5, 0.6) is 0 Å². The van der Waals surface area contributed by atoms with Crippen molar-refractivity contribution in [2.24, 2.45) is 0 Å². The maximum absolute atomic E-state index is 13.7. The summed E-state index contributed by atoms with van der Waals surface area (Å²) in [5.41, 5.74) is 0.991. The van der Waals surface area contributed by atoms with Crippen molar-refractivity contribution in [3.63, 3.8) is 0 Å². The number of benzene rings is 2. The van der Waals surface area contributed by atoms with Crippen LogP contribution >= 0.6 is 23.2 Å². The second-order valence-corrected chi connectivity index (χ2v) is 6.14. The first-order valence-electron chi connectivity index (χ1n) is 7.08. The Morgan fingerprint density at radius 1 is 1.26 bits per heavy atom. The van der Waals surface area contributed by atoms with Crippen LogP contribution in [-0.2, 0) is 11.3 Å². The zero-order valence-electron chi connectivity index (χ0n) is 12.8. The molecule has 0 aromatic heterocycles. The van der Waals surface area contributed by atoms with E-state index < -0.39 is 6.04 Å². The number of rotatable bonds is 5. The maximum Gasteiger partial charge on any atom is 0.241 e. The molecule has 0 spiro atoms. The Hall–Kier alpha value is -1.62. The van der Waals surface area contributed by atoms with Crippen molar-refractivity contribution in [2.75, 3.05) is 12.4 Å². The molecule has 1 amide bonds. The Kier molecular flexibility index (Phi) is 5.99. The average Bonchev–Trinajstić information content (AvgIpc) is 2.52. The summed E-state index contributed by atoms with van der Waals surface area (Å²) in [6.07, 6.45) is 0. The summed E-state index contributed by atoms with van der Waals surface area (Å²) in [4.78, 5) is 14.1. The molecule has 23 heavy (non-hydrogen) atoms. The Balaban J connectivity index is 2.04. The lowest BCUT2D eigenvalue weighted by Crippen LogP contribution is -2.39. The van der Waals surface area contributed by atoms with E-state index in [0.29, 0.717) is 27.8 Å². The Morgan fingerprint density at radius 2 is 1.96 bits per heavy atom. The number of nitrogens with zero attached hydrogens (tertiary/aromatic N) is 1. The molecule has 0 saturated heterocycles. The lowest BCUT2D eigenvalue weighted by molar-refractivity contribution is -0.120. The van der Waals surface area contributed by atoms with Gasteiger partial charge in [-0.15, -0.1) is 0 Å². The largest absolute Gasteiger partial charge is 0.323 e. The molecule has 0 fully saturated rings. The van der Waals surface area contributed by atoms with Crippen LogP contribution in [0, 0.1) is 5.82 Å². The standard InChI is InChI=1S/C17H17Cl2FN2O/c1-11(22(2)10-12-5-3-4-6-15(12)20)17(23)21-16-9-13(18)7-8-14(16)19/h3-9,11H,10H2,1-2H3,(H,21,23)/t11-/m1/s1. The fourth-order valence-electron chi connectivity index (χ4n) is 2.06. The van der Waals surface area contributed by atoms with E-state index >= 15 is 0 Å². The summed E-state index contributed by atoms with van der Waals surface area (Å²) in [5.74, 6) is -0.530. The number of anilines is 1. The van der Waals surface area contributed by atoms with Crippen LogP contribution in [0.1, 0.15) is 12.5 Å². The number of halogens is 3. The molecule has 3 nitrogen and oxygen atoms in total. The molecule has 0 aliphatic carbocycles. The quantitative estimate of drug-likeness (QED) is 0.851. The molecule has 0 aliphatic heterocycles. The van der Waals surface area contributed by atoms with Gasteiger partial charge in [-0.25, -0.2) is 4.39 Å². The molecule has 0 aliphatic rings. The number of hydrogen-bond acceptors (Lipinski definition) is 2. The topological polar surface area (TPSA) is 32.3 Å². The molecule has 0 heterocycles. The number of likely N-dealkylation sites (N-methyl/N-ethyl adjacent to an activating group) is 1. The monoisotopic (exact) mass is 354 g/mol. The summed E-state index contributed by atoms with van der Waals surface area (Å²) < 4.78 is 13.7. The predicted octanol–water partition coefficient (Wildman–Crippen LogP) is 4.59. The number of carbonyl (C=O) groups is 1. The summed E-state index contributed by atoms with van der Waals surface area (Å²) in [5, 5.41) is 3.63. The molecule has 6 heteroatoms. The van der Waals surface area contributed by atoms with Gasteiger partial charge in [0, 0.05) is 17.1 Å². The number of nitrogens with one attached hydrogen (secondary N) is 1. The van der Waals surface area contributed by atoms with Crippen molar-refractivity contribution in [1.82, 2.24) is 4.90 Å². The molecule has 2 aromatic carbocycles. The zero-order valence-corrected chi connectivity index (χ0v) is 14.3. The minimum absolute atomic E-state index is 0.243. The Labute approximate surface area is 145 Å². The van der Waals surface area contributed by atoms with E-state index in [1.807, 2.05) is 0 Å². The molecule has 0 saturated carbocycles. The van der Waals surface area contributed by atoms with Gasteiger partial charge in [-0.1, -0.05) is 41.4 Å². The van der Waals surface area contributed by atoms with Crippen LogP contribution in [0.15, 0.2) is 42.5 Å². The molecule has 0 radical (unpaired) electrons. The van der Waals surface area contributed by atoms with Crippen molar-refractivity contribution in [3.8, 4) is 0 Å². The average molecular weight is 355 g/mol. The van der Waals surface area contributed by atoms with E-state index in [-0.39, 0.29) is 11.7 Å². The van der Waals surface area contributed by atoms with Gasteiger partial charge in [0.1, 0.15) is 5.82 Å². The smallest absolute Gasteiger partial charge is 0.241 e. The van der Waals surface area contributed by atoms with E-state index in [9.17, 15) is 9.18 Å². The molecule has 2 rings (SSSR count). The molecular formula is C17H17Cl2FN2O. The second-order valence-electron chi connectivity index (χ2n) is 5.30. The predicted molar refractivity (Wildman–Crippen MR) is 92.4 cm³/mol. The first kappa shape index (κ1) is 17.7. The minimum atomic E-state index is -0.468. The lowest BCUT2D eigenvalue weighted by atomic mass is 10.1.